The summed E-state index contributed by atoms with van der Waals surface area (Å²) in [7, 11) is 1.42. The highest BCUT2D eigenvalue weighted by molar-refractivity contribution is 6.30. The molecule has 9 nitrogen and oxygen atoms in total. The Hall–Kier alpha value is -3.14. The van der Waals surface area contributed by atoms with Gasteiger partial charge in [-0.15, -0.1) is 0 Å². The largest absolute Gasteiger partial charge is 0.484 e. The topological polar surface area (TPSA) is 108 Å². The van der Waals surface area contributed by atoms with Gasteiger partial charge in [-0.25, -0.2) is 9.37 Å². The molecule has 1 amide bonds. The molecule has 0 atom stereocenters. The van der Waals surface area contributed by atoms with Crippen LogP contribution >= 0.6 is 11.6 Å². The van der Waals surface area contributed by atoms with Crippen molar-refractivity contribution in [2.24, 2.45) is 0 Å². The van der Waals surface area contributed by atoms with Gasteiger partial charge >= 0.3 is 0 Å². The van der Waals surface area contributed by atoms with Crippen LogP contribution in [0.15, 0.2) is 33.8 Å². The zero-order chi connectivity index (χ0) is 21.1. The van der Waals surface area contributed by atoms with Crippen molar-refractivity contribution < 1.29 is 23.2 Å². The minimum Gasteiger partial charge on any atom is -0.484 e. The predicted octanol–water partition coefficient (Wildman–Crippen LogP) is 2.01. The number of carbonyl (C=O) groups excluding carboxylic acids is 1. The Balaban J connectivity index is 1.23. The van der Waals surface area contributed by atoms with Gasteiger partial charge in [0.25, 0.3) is 17.2 Å². The van der Waals surface area contributed by atoms with Crippen LogP contribution in [0, 0.1) is 5.82 Å². The first kappa shape index (κ1) is 18.9. The predicted molar refractivity (Wildman–Crippen MR) is 102 cm³/mol. The first-order valence-corrected chi connectivity index (χ1v) is 9.53. The monoisotopic (exact) mass is 434 g/mol. The number of hydrogen-bond donors (Lipinski definition) is 1. The summed E-state index contributed by atoms with van der Waals surface area (Å²) in [5.74, 6) is -0.570. The lowest BCUT2D eigenvalue weighted by Gasteiger charge is -2.68. The first-order chi connectivity index (χ1) is 14.3. The average Bonchev–Trinajstić information content (AvgIpc) is 3.01. The molecule has 11 heteroatoms. The fraction of sp³-hybridized carbons (Fsp3) is 0.368. The van der Waals surface area contributed by atoms with Crippen molar-refractivity contribution in [2.75, 3.05) is 13.7 Å². The van der Waals surface area contributed by atoms with E-state index in [4.69, 9.17) is 25.6 Å². The Morgan fingerprint density at radius 2 is 2.13 bits per heavy atom. The second kappa shape index (κ2) is 6.43. The van der Waals surface area contributed by atoms with Gasteiger partial charge in [0.05, 0.1) is 17.7 Å². The lowest BCUT2D eigenvalue weighted by atomic mass is 9.44. The molecule has 2 bridgehead atoms. The molecule has 3 saturated carbocycles. The van der Waals surface area contributed by atoms with Crippen molar-refractivity contribution in [1.82, 2.24) is 20.0 Å². The summed E-state index contributed by atoms with van der Waals surface area (Å²) in [5, 5.41) is 3.11. The van der Waals surface area contributed by atoms with Crippen molar-refractivity contribution in [1.29, 1.82) is 0 Å². The zero-order valence-corrected chi connectivity index (χ0v) is 16.5. The number of ether oxygens (including phenoxy) is 2. The van der Waals surface area contributed by atoms with Crippen LogP contribution in [0.25, 0.3) is 11.1 Å². The van der Waals surface area contributed by atoms with Gasteiger partial charge in [0, 0.05) is 11.6 Å². The maximum atomic E-state index is 13.4. The minimum absolute atomic E-state index is 0.0182. The number of benzene rings is 1. The molecule has 2 aromatic heterocycles. The highest BCUT2D eigenvalue weighted by Crippen LogP contribution is 2.65. The van der Waals surface area contributed by atoms with E-state index in [2.05, 4.69) is 15.3 Å². The van der Waals surface area contributed by atoms with Crippen LogP contribution in [0.5, 0.6) is 11.6 Å². The molecule has 1 N–H and O–H groups in total. The molecule has 156 valence electrons. The van der Waals surface area contributed by atoms with Crippen molar-refractivity contribution in [3.8, 4) is 11.6 Å². The van der Waals surface area contributed by atoms with Crippen LogP contribution in [-0.4, -0.2) is 39.9 Å². The number of rotatable bonds is 6. The zero-order valence-electron chi connectivity index (χ0n) is 15.8. The summed E-state index contributed by atoms with van der Waals surface area (Å²) in [4.78, 5) is 33.0. The number of amides is 1. The quantitative estimate of drug-likeness (QED) is 0.632. The molecule has 3 fully saturated rings. The molecule has 0 spiro atoms. The molecule has 0 radical (unpaired) electrons. The SMILES string of the molecule is COc1ncnc2on(C34CC(NC(=O)COc5ccc(Cl)c(F)c5)(C3)C4)c(=O)c12. The first-order valence-electron chi connectivity index (χ1n) is 9.15. The van der Waals surface area contributed by atoms with Crippen molar-refractivity contribution >= 4 is 28.6 Å². The number of nitrogens with one attached hydrogen (secondary N) is 1. The van der Waals surface area contributed by atoms with E-state index in [1.807, 2.05) is 0 Å². The Morgan fingerprint density at radius 3 is 2.83 bits per heavy atom. The second-order valence-corrected chi connectivity index (χ2v) is 8.11. The molecule has 0 aliphatic heterocycles. The third-order valence-corrected chi connectivity index (χ3v) is 5.95. The molecule has 30 heavy (non-hydrogen) atoms. The molecule has 6 rings (SSSR count). The summed E-state index contributed by atoms with van der Waals surface area (Å²) in [5.41, 5.74) is -1.08. The van der Waals surface area contributed by atoms with Crippen LogP contribution in [-0.2, 0) is 10.3 Å². The summed E-state index contributed by atoms with van der Waals surface area (Å²) < 4.78 is 30.8. The third kappa shape index (κ3) is 2.74. The van der Waals surface area contributed by atoms with Gasteiger partial charge in [-0.3, -0.25) is 9.59 Å². The molecule has 1 aromatic carbocycles. The van der Waals surface area contributed by atoms with Crippen LogP contribution in [0.1, 0.15) is 19.3 Å². The van der Waals surface area contributed by atoms with Crippen LogP contribution < -0.4 is 20.3 Å². The Bertz CT molecular complexity index is 1220. The van der Waals surface area contributed by atoms with Gasteiger partial charge in [-0.1, -0.05) is 11.6 Å². The van der Waals surface area contributed by atoms with Gasteiger partial charge in [0.2, 0.25) is 5.88 Å². The van der Waals surface area contributed by atoms with Gasteiger partial charge in [0.15, 0.2) is 12.0 Å². The summed E-state index contributed by atoms with van der Waals surface area (Å²) >= 11 is 5.62. The Kier molecular flexibility index (Phi) is 4.04. The molecular formula is C19H16ClFN4O5. The van der Waals surface area contributed by atoms with Crippen LogP contribution in [0.2, 0.25) is 5.02 Å². The number of carbonyl (C=O) groups is 1. The molecule has 0 unspecified atom stereocenters. The molecule has 0 saturated heterocycles. The molecule has 3 aromatic rings. The standard InChI is InChI=1S/C19H16ClFN4O5/c1-28-15-14-16(23-9-22-15)30-25(17(14)27)19-6-18(7-19,8-19)24-13(26)5-29-10-2-3-11(20)12(21)4-10/h2-4,9H,5-8H2,1H3,(H,24,26). The van der Waals surface area contributed by atoms with Crippen LogP contribution in [0.3, 0.4) is 0 Å². The van der Waals surface area contributed by atoms with Gasteiger partial charge < -0.3 is 19.3 Å². The summed E-state index contributed by atoms with van der Waals surface area (Å²) in [6.45, 7) is -0.257. The van der Waals surface area contributed by atoms with E-state index in [0.717, 1.165) is 6.07 Å². The molecule has 2 heterocycles. The molecular weight excluding hydrogens is 419 g/mol. The van der Waals surface area contributed by atoms with E-state index < -0.39 is 16.9 Å². The lowest BCUT2D eigenvalue weighted by molar-refractivity contribution is -0.179. The maximum absolute atomic E-state index is 13.4. The highest BCUT2D eigenvalue weighted by atomic mass is 35.5. The number of hydrogen-bond acceptors (Lipinski definition) is 7. The van der Waals surface area contributed by atoms with Crippen LogP contribution in [0.4, 0.5) is 4.39 Å². The van der Waals surface area contributed by atoms with E-state index in [0.29, 0.717) is 19.3 Å². The van der Waals surface area contributed by atoms with E-state index in [-0.39, 0.29) is 45.8 Å². The molecule has 3 aliphatic carbocycles. The van der Waals surface area contributed by atoms with E-state index in [1.54, 1.807) is 0 Å². The van der Waals surface area contributed by atoms with Gasteiger partial charge in [0.1, 0.15) is 17.9 Å². The second-order valence-electron chi connectivity index (χ2n) is 7.70. The van der Waals surface area contributed by atoms with Gasteiger partial charge in [-0.05, 0) is 31.4 Å². The van der Waals surface area contributed by atoms with E-state index in [1.165, 1.54) is 30.3 Å². The van der Waals surface area contributed by atoms with E-state index in [9.17, 15) is 14.0 Å². The van der Waals surface area contributed by atoms with E-state index >= 15 is 0 Å². The van der Waals surface area contributed by atoms with Crippen molar-refractivity contribution in [3.63, 3.8) is 0 Å². The Morgan fingerprint density at radius 1 is 1.37 bits per heavy atom. The fourth-order valence-corrected chi connectivity index (χ4v) is 4.55. The third-order valence-electron chi connectivity index (χ3n) is 5.65. The summed E-state index contributed by atoms with van der Waals surface area (Å²) in [6.07, 6.45) is 2.93. The highest BCUT2D eigenvalue weighted by Gasteiger charge is 2.71. The Labute approximate surface area is 173 Å². The fourth-order valence-electron chi connectivity index (χ4n) is 4.43. The minimum atomic E-state index is -0.617. The van der Waals surface area contributed by atoms with Crippen molar-refractivity contribution in [3.05, 3.63) is 45.7 Å². The molecule has 3 aliphatic rings. The smallest absolute Gasteiger partial charge is 0.298 e. The number of halogens is 2. The van der Waals surface area contributed by atoms with Gasteiger partial charge in [-0.2, -0.15) is 9.72 Å². The number of aromatic nitrogens is 3. The number of nitrogens with zero attached hydrogens (tertiary/aromatic N) is 3. The number of methoxy groups -OCH3 is 1. The lowest BCUT2D eigenvalue weighted by Crippen LogP contribution is -2.79. The summed E-state index contributed by atoms with van der Waals surface area (Å²) in [6, 6.07) is 3.97. The maximum Gasteiger partial charge on any atom is 0.298 e. The normalized spacial score (nSPS) is 24.1. The van der Waals surface area contributed by atoms with Crippen molar-refractivity contribution in [2.45, 2.75) is 30.3 Å². The average molecular weight is 435 g/mol. The number of fused-ring (bicyclic) bond motifs is 1.